The number of sulfonamides is 1. The fourth-order valence-corrected chi connectivity index (χ4v) is 5.40. The summed E-state index contributed by atoms with van der Waals surface area (Å²) in [6, 6.07) is 2.94. The summed E-state index contributed by atoms with van der Waals surface area (Å²) < 4.78 is 33.0. The van der Waals surface area contributed by atoms with Gasteiger partial charge in [-0.15, -0.1) is 23.7 Å². The molecule has 0 saturated carbocycles. The molecule has 0 aliphatic carbocycles. The van der Waals surface area contributed by atoms with Crippen LogP contribution in [0.1, 0.15) is 12.8 Å². The van der Waals surface area contributed by atoms with Crippen LogP contribution >= 0.6 is 23.7 Å². The van der Waals surface area contributed by atoms with Crippen molar-refractivity contribution in [2.24, 2.45) is 0 Å². The number of halogens is 1. The van der Waals surface area contributed by atoms with E-state index in [0.29, 0.717) is 0 Å². The van der Waals surface area contributed by atoms with E-state index in [2.05, 4.69) is 9.62 Å². The van der Waals surface area contributed by atoms with Crippen LogP contribution in [0.5, 0.6) is 0 Å². The van der Waals surface area contributed by atoms with E-state index in [1.54, 1.807) is 17.5 Å². The predicted molar refractivity (Wildman–Crippen MR) is 93.1 cm³/mol. The van der Waals surface area contributed by atoms with E-state index in [1.807, 2.05) is 0 Å². The van der Waals surface area contributed by atoms with Gasteiger partial charge in [0.05, 0.1) is 18.8 Å². The Morgan fingerprint density at radius 3 is 2.62 bits per heavy atom. The summed E-state index contributed by atoms with van der Waals surface area (Å²) in [7, 11) is -3.57. The van der Waals surface area contributed by atoms with Gasteiger partial charge >= 0.3 is 0 Å². The van der Waals surface area contributed by atoms with Crippen molar-refractivity contribution in [1.82, 2.24) is 9.62 Å². The number of aliphatic hydroxyl groups is 2. The molecular formula is C14H23ClN2O5S2. The highest BCUT2D eigenvalue weighted by Gasteiger charge is 2.46. The highest BCUT2D eigenvalue weighted by Crippen LogP contribution is 2.28. The van der Waals surface area contributed by atoms with E-state index >= 15 is 0 Å². The lowest BCUT2D eigenvalue weighted by Crippen LogP contribution is -2.50. The van der Waals surface area contributed by atoms with Crippen molar-refractivity contribution in [2.45, 2.75) is 41.4 Å². The molecule has 1 aromatic heterocycles. The molecule has 2 aliphatic heterocycles. The molecule has 0 aromatic carbocycles. The third-order valence-electron chi connectivity index (χ3n) is 4.44. The Morgan fingerprint density at radius 1 is 1.33 bits per heavy atom. The molecule has 3 N–H and O–H groups in total. The summed E-state index contributed by atoms with van der Waals surface area (Å²) in [5, 5.41) is 21.5. The summed E-state index contributed by atoms with van der Waals surface area (Å²) in [4.78, 5) is 2.13. The van der Waals surface area contributed by atoms with Gasteiger partial charge in [0.25, 0.3) is 0 Å². The molecule has 4 atom stereocenters. The number of nitrogens with one attached hydrogen (secondary N) is 1. The molecule has 2 aliphatic rings. The van der Waals surface area contributed by atoms with Crippen molar-refractivity contribution in [3.63, 3.8) is 0 Å². The molecule has 7 nitrogen and oxygen atoms in total. The predicted octanol–water partition coefficient (Wildman–Crippen LogP) is 0.0332. The first-order valence-corrected chi connectivity index (χ1v) is 10.1. The zero-order valence-corrected chi connectivity index (χ0v) is 15.5. The van der Waals surface area contributed by atoms with E-state index in [1.165, 1.54) is 0 Å². The summed E-state index contributed by atoms with van der Waals surface area (Å²) in [5.74, 6) is 0. The zero-order chi connectivity index (χ0) is 16.4. The van der Waals surface area contributed by atoms with E-state index in [4.69, 9.17) is 4.74 Å². The van der Waals surface area contributed by atoms with Gasteiger partial charge in [0, 0.05) is 6.54 Å². The molecule has 24 heavy (non-hydrogen) atoms. The molecule has 138 valence electrons. The number of ether oxygens (including phenoxy) is 1. The van der Waals surface area contributed by atoms with Crippen molar-refractivity contribution in [3.05, 3.63) is 17.5 Å². The van der Waals surface area contributed by atoms with Gasteiger partial charge in [-0.1, -0.05) is 6.07 Å². The van der Waals surface area contributed by atoms with E-state index < -0.39 is 28.3 Å². The van der Waals surface area contributed by atoms with E-state index in [9.17, 15) is 18.6 Å². The molecule has 3 rings (SSSR count). The number of thiophene rings is 1. The average Bonchev–Trinajstić information content (AvgIpc) is 3.26. The van der Waals surface area contributed by atoms with Crippen LogP contribution in [0, 0.1) is 0 Å². The van der Waals surface area contributed by atoms with Gasteiger partial charge in [-0.25, -0.2) is 13.1 Å². The molecule has 0 unspecified atom stereocenters. The fourth-order valence-electron chi connectivity index (χ4n) is 3.32. The van der Waals surface area contributed by atoms with Gasteiger partial charge in [-0.2, -0.15) is 0 Å². The van der Waals surface area contributed by atoms with Crippen molar-refractivity contribution in [2.75, 3.05) is 26.2 Å². The third kappa shape index (κ3) is 4.10. The average molecular weight is 399 g/mol. The second-order valence-electron chi connectivity index (χ2n) is 5.90. The minimum atomic E-state index is -3.57. The third-order valence-corrected chi connectivity index (χ3v) is 7.26. The summed E-state index contributed by atoms with van der Waals surface area (Å²) in [6.45, 7) is 1.52. The van der Waals surface area contributed by atoms with Crippen LogP contribution in [0.3, 0.4) is 0 Å². The molecule has 1 aromatic rings. The smallest absolute Gasteiger partial charge is 0.250 e. The Hall–Kier alpha value is -0.260. The van der Waals surface area contributed by atoms with E-state index in [0.717, 1.165) is 37.3 Å². The largest absolute Gasteiger partial charge is 0.394 e. The Kier molecular flexibility index (Phi) is 7.03. The molecule has 0 bridgehead atoms. The van der Waals surface area contributed by atoms with Crippen LogP contribution in [-0.4, -0.2) is 74.1 Å². The van der Waals surface area contributed by atoms with Gasteiger partial charge in [-0.3, -0.25) is 4.90 Å². The zero-order valence-electron chi connectivity index (χ0n) is 13.1. The minimum Gasteiger partial charge on any atom is -0.394 e. The number of rotatable bonds is 6. The van der Waals surface area contributed by atoms with E-state index in [-0.39, 0.29) is 35.8 Å². The number of hydrogen-bond donors (Lipinski definition) is 3. The Labute approximate surface area is 152 Å². The lowest BCUT2D eigenvalue weighted by Gasteiger charge is -2.29. The molecule has 2 saturated heterocycles. The van der Waals surface area contributed by atoms with Crippen molar-refractivity contribution < 1.29 is 23.4 Å². The lowest BCUT2D eigenvalue weighted by atomic mass is 10.0. The van der Waals surface area contributed by atoms with Gasteiger partial charge in [-0.05, 0) is 37.4 Å². The number of aliphatic hydroxyl groups excluding tert-OH is 2. The second-order valence-corrected chi connectivity index (χ2v) is 8.85. The number of nitrogens with zero attached hydrogens (tertiary/aromatic N) is 1. The first-order valence-electron chi connectivity index (χ1n) is 7.74. The lowest BCUT2D eigenvalue weighted by molar-refractivity contribution is -0.0201. The van der Waals surface area contributed by atoms with Crippen LogP contribution in [0.2, 0.25) is 0 Å². The Bertz CT molecular complexity index is 607. The quantitative estimate of drug-likeness (QED) is 0.625. The maximum absolute atomic E-state index is 12.2. The molecule has 2 fully saturated rings. The summed E-state index contributed by atoms with van der Waals surface area (Å²) in [6.07, 6.45) is 0.155. The molecule has 10 heteroatoms. The van der Waals surface area contributed by atoms with Crippen LogP contribution in [-0.2, 0) is 14.8 Å². The van der Waals surface area contributed by atoms with Gasteiger partial charge in [0.1, 0.15) is 16.4 Å². The monoisotopic (exact) mass is 398 g/mol. The summed E-state index contributed by atoms with van der Waals surface area (Å²) >= 11 is 1.15. The van der Waals surface area contributed by atoms with Crippen LogP contribution in [0.4, 0.5) is 0 Å². The van der Waals surface area contributed by atoms with Crippen LogP contribution < -0.4 is 4.72 Å². The number of likely N-dealkylation sites (tertiary alicyclic amines) is 1. The topological polar surface area (TPSA) is 99.1 Å². The SMILES string of the molecule is Cl.O=S(=O)(NC[C@H]1O[C@@H](CO)[C@@H](O)[C@H]1N1CCCC1)c1cccs1. The van der Waals surface area contributed by atoms with Gasteiger partial charge in [0.2, 0.25) is 10.0 Å². The Morgan fingerprint density at radius 2 is 2.04 bits per heavy atom. The Balaban J connectivity index is 0.00000208. The minimum absolute atomic E-state index is 0. The van der Waals surface area contributed by atoms with Crippen LogP contribution in [0.15, 0.2) is 21.7 Å². The first kappa shape index (κ1) is 20.1. The molecule has 0 amide bonds. The molecule has 0 radical (unpaired) electrons. The second kappa shape index (κ2) is 8.41. The standard InChI is InChI=1S/C14H22N2O5S2.ClH/c17-9-11-14(18)13(16-5-1-2-6-16)10(21-11)8-15-23(19,20)12-4-3-7-22-12;/h3-4,7,10-11,13-15,17-18H,1-2,5-6,8-9H2;1H/t10-,11+,13+,14-;/m1./s1. The van der Waals surface area contributed by atoms with Gasteiger partial charge in [0.15, 0.2) is 0 Å². The molecule has 0 spiro atoms. The number of hydrogen-bond acceptors (Lipinski definition) is 7. The van der Waals surface area contributed by atoms with Crippen molar-refractivity contribution in [3.8, 4) is 0 Å². The first-order chi connectivity index (χ1) is 11.0. The van der Waals surface area contributed by atoms with Crippen molar-refractivity contribution >= 4 is 33.8 Å². The maximum atomic E-state index is 12.2. The highest BCUT2D eigenvalue weighted by molar-refractivity contribution is 7.91. The highest BCUT2D eigenvalue weighted by atomic mass is 35.5. The maximum Gasteiger partial charge on any atom is 0.250 e. The summed E-state index contributed by atoms with van der Waals surface area (Å²) in [5.41, 5.74) is 0. The van der Waals surface area contributed by atoms with Crippen molar-refractivity contribution in [1.29, 1.82) is 0 Å². The van der Waals surface area contributed by atoms with Crippen LogP contribution in [0.25, 0.3) is 0 Å². The molecule has 3 heterocycles. The molecular weight excluding hydrogens is 376 g/mol. The normalized spacial score (nSPS) is 31.2. The fraction of sp³-hybridized carbons (Fsp3) is 0.714. The van der Waals surface area contributed by atoms with Gasteiger partial charge < -0.3 is 14.9 Å².